The molecule has 1 aliphatic heterocycles. The third-order valence-corrected chi connectivity index (χ3v) is 6.81. The average Bonchev–Trinajstić information content (AvgIpc) is 3.07. The molecule has 0 atom stereocenters. The van der Waals surface area contributed by atoms with E-state index in [1.165, 1.54) is 4.52 Å². The standard InChI is InChI=1S/C16H24N4O3S/c1-3-4-11-24(22,23)19-9-6-13(7-10-19)14-12-16(21)20-15(18(14)2)5-8-17-20/h5,8,12-13H,3-4,6-7,9-11H2,1-2H3. The molecular formula is C16H24N4O3S. The summed E-state index contributed by atoms with van der Waals surface area (Å²) in [6.45, 7) is 3.04. The Kier molecular flexibility index (Phi) is 4.78. The van der Waals surface area contributed by atoms with Crippen LogP contribution in [-0.4, -0.2) is 45.7 Å². The molecule has 1 aliphatic rings. The Balaban J connectivity index is 1.78. The number of unbranched alkanes of at least 4 members (excludes halogenated alkanes) is 1. The number of hydrogen-bond acceptors (Lipinski definition) is 4. The van der Waals surface area contributed by atoms with Crippen LogP contribution in [0.1, 0.15) is 44.2 Å². The Morgan fingerprint density at radius 2 is 2.00 bits per heavy atom. The van der Waals surface area contributed by atoms with Gasteiger partial charge in [0.25, 0.3) is 5.56 Å². The van der Waals surface area contributed by atoms with Crippen molar-refractivity contribution in [3.63, 3.8) is 0 Å². The fourth-order valence-corrected chi connectivity index (χ4v) is 5.09. The molecule has 0 spiro atoms. The Bertz CT molecular complexity index is 876. The second-order valence-corrected chi connectivity index (χ2v) is 8.50. The summed E-state index contributed by atoms with van der Waals surface area (Å²) >= 11 is 0. The van der Waals surface area contributed by atoms with Crippen LogP contribution in [0.2, 0.25) is 0 Å². The zero-order chi connectivity index (χ0) is 17.3. The number of fused-ring (bicyclic) bond motifs is 1. The third kappa shape index (κ3) is 3.12. The van der Waals surface area contributed by atoms with Crippen molar-refractivity contribution >= 4 is 15.7 Å². The van der Waals surface area contributed by atoms with Crippen molar-refractivity contribution in [1.82, 2.24) is 18.5 Å². The van der Waals surface area contributed by atoms with Crippen molar-refractivity contribution in [3.05, 3.63) is 34.4 Å². The lowest BCUT2D eigenvalue weighted by Crippen LogP contribution is -2.39. The molecule has 0 amide bonds. The van der Waals surface area contributed by atoms with Gasteiger partial charge in [0.05, 0.1) is 11.9 Å². The van der Waals surface area contributed by atoms with Crippen LogP contribution in [0.4, 0.5) is 0 Å². The number of hydrogen-bond donors (Lipinski definition) is 0. The van der Waals surface area contributed by atoms with Crippen molar-refractivity contribution in [1.29, 1.82) is 0 Å². The van der Waals surface area contributed by atoms with Crippen LogP contribution in [0.25, 0.3) is 5.65 Å². The van der Waals surface area contributed by atoms with Gasteiger partial charge in [-0.15, -0.1) is 0 Å². The summed E-state index contributed by atoms with van der Waals surface area (Å²) in [7, 11) is -1.22. The van der Waals surface area contributed by atoms with E-state index in [9.17, 15) is 13.2 Å². The lowest BCUT2D eigenvalue weighted by molar-refractivity contribution is 0.313. The van der Waals surface area contributed by atoms with E-state index in [2.05, 4.69) is 5.10 Å². The van der Waals surface area contributed by atoms with Gasteiger partial charge in [0.15, 0.2) is 0 Å². The first-order valence-corrected chi connectivity index (χ1v) is 10.1. The van der Waals surface area contributed by atoms with Crippen LogP contribution in [-0.2, 0) is 17.1 Å². The quantitative estimate of drug-likeness (QED) is 0.814. The van der Waals surface area contributed by atoms with Crippen LogP contribution >= 0.6 is 0 Å². The molecule has 0 N–H and O–H groups in total. The molecule has 0 bridgehead atoms. The van der Waals surface area contributed by atoms with Gasteiger partial charge in [0.1, 0.15) is 5.65 Å². The summed E-state index contributed by atoms with van der Waals surface area (Å²) in [4.78, 5) is 12.2. The topological polar surface area (TPSA) is 76.7 Å². The lowest BCUT2D eigenvalue weighted by Gasteiger charge is -2.32. The van der Waals surface area contributed by atoms with Gasteiger partial charge >= 0.3 is 0 Å². The second kappa shape index (κ2) is 6.68. The second-order valence-electron chi connectivity index (χ2n) is 6.41. The molecule has 1 fully saturated rings. The SMILES string of the molecule is CCCCS(=O)(=O)N1CCC(c2cc(=O)n3nccc3n2C)CC1. The fourth-order valence-electron chi connectivity index (χ4n) is 3.41. The fraction of sp³-hybridized carbons (Fsp3) is 0.625. The molecule has 0 aliphatic carbocycles. The Morgan fingerprint density at radius 1 is 1.29 bits per heavy atom. The van der Waals surface area contributed by atoms with Crippen molar-refractivity contribution in [2.45, 2.75) is 38.5 Å². The third-order valence-electron chi connectivity index (χ3n) is 4.86. The molecule has 0 radical (unpaired) electrons. The van der Waals surface area contributed by atoms with E-state index in [0.29, 0.717) is 19.5 Å². The Morgan fingerprint density at radius 3 is 2.67 bits per heavy atom. The first kappa shape index (κ1) is 17.2. The zero-order valence-corrected chi connectivity index (χ0v) is 15.0. The van der Waals surface area contributed by atoms with Crippen LogP contribution in [0.5, 0.6) is 0 Å². The van der Waals surface area contributed by atoms with Gasteiger partial charge in [0.2, 0.25) is 10.0 Å². The summed E-state index contributed by atoms with van der Waals surface area (Å²) in [6, 6.07) is 3.45. The van der Waals surface area contributed by atoms with Crippen LogP contribution in [0.3, 0.4) is 0 Å². The van der Waals surface area contributed by atoms with Gasteiger partial charge in [-0.05, 0) is 19.3 Å². The molecule has 0 saturated carbocycles. The molecule has 2 aromatic heterocycles. The van der Waals surface area contributed by atoms with Crippen molar-refractivity contribution < 1.29 is 8.42 Å². The Hall–Kier alpha value is -1.67. The molecule has 0 aromatic carbocycles. The molecule has 3 rings (SSSR count). The van der Waals surface area contributed by atoms with E-state index < -0.39 is 10.0 Å². The van der Waals surface area contributed by atoms with Crippen molar-refractivity contribution in [3.8, 4) is 0 Å². The monoisotopic (exact) mass is 352 g/mol. The molecule has 24 heavy (non-hydrogen) atoms. The number of piperidine rings is 1. The van der Waals surface area contributed by atoms with Gasteiger partial charge in [-0.25, -0.2) is 12.7 Å². The normalized spacial score (nSPS) is 17.6. The zero-order valence-electron chi connectivity index (χ0n) is 14.2. The number of sulfonamides is 1. The first-order valence-electron chi connectivity index (χ1n) is 8.45. The Labute approximate surface area is 141 Å². The summed E-state index contributed by atoms with van der Waals surface area (Å²) in [5.74, 6) is 0.425. The van der Waals surface area contributed by atoms with E-state index in [1.54, 1.807) is 16.6 Å². The highest BCUT2D eigenvalue weighted by Crippen LogP contribution is 2.29. The van der Waals surface area contributed by atoms with E-state index in [0.717, 1.165) is 30.6 Å². The maximum absolute atomic E-state index is 12.3. The molecule has 132 valence electrons. The van der Waals surface area contributed by atoms with Crippen molar-refractivity contribution in [2.24, 2.45) is 7.05 Å². The number of nitrogens with zero attached hydrogens (tertiary/aromatic N) is 4. The van der Waals surface area contributed by atoms with Crippen LogP contribution in [0.15, 0.2) is 23.1 Å². The average molecular weight is 352 g/mol. The minimum atomic E-state index is -3.14. The molecular weight excluding hydrogens is 328 g/mol. The molecule has 0 unspecified atom stereocenters. The minimum absolute atomic E-state index is 0.138. The number of rotatable bonds is 5. The molecule has 1 saturated heterocycles. The van der Waals surface area contributed by atoms with Gasteiger partial charge in [0, 0.05) is 43.9 Å². The molecule has 7 nitrogen and oxygen atoms in total. The minimum Gasteiger partial charge on any atom is -0.333 e. The molecule has 8 heteroatoms. The highest BCUT2D eigenvalue weighted by atomic mass is 32.2. The maximum atomic E-state index is 12.3. The number of aryl methyl sites for hydroxylation is 1. The van der Waals surface area contributed by atoms with Gasteiger partial charge in [-0.1, -0.05) is 13.3 Å². The summed E-state index contributed by atoms with van der Waals surface area (Å²) in [5, 5.41) is 4.03. The summed E-state index contributed by atoms with van der Waals surface area (Å²) in [6.07, 6.45) is 4.67. The molecule has 3 heterocycles. The number of aromatic nitrogens is 3. The van der Waals surface area contributed by atoms with E-state index in [4.69, 9.17) is 0 Å². The summed E-state index contributed by atoms with van der Waals surface area (Å²) < 4.78 is 29.6. The highest BCUT2D eigenvalue weighted by Gasteiger charge is 2.29. The van der Waals surface area contributed by atoms with Gasteiger partial charge in [-0.3, -0.25) is 4.79 Å². The van der Waals surface area contributed by atoms with Crippen molar-refractivity contribution in [2.75, 3.05) is 18.8 Å². The predicted octanol–water partition coefficient (Wildman–Crippen LogP) is 1.34. The highest BCUT2D eigenvalue weighted by molar-refractivity contribution is 7.89. The lowest BCUT2D eigenvalue weighted by atomic mass is 9.94. The van der Waals surface area contributed by atoms with Gasteiger partial charge in [-0.2, -0.15) is 9.61 Å². The van der Waals surface area contributed by atoms with Gasteiger partial charge < -0.3 is 4.57 Å². The first-order chi connectivity index (χ1) is 11.4. The van der Waals surface area contributed by atoms with E-state index in [1.807, 2.05) is 24.6 Å². The van der Waals surface area contributed by atoms with Crippen LogP contribution in [0, 0.1) is 0 Å². The van der Waals surface area contributed by atoms with E-state index >= 15 is 0 Å². The van der Waals surface area contributed by atoms with E-state index in [-0.39, 0.29) is 17.2 Å². The summed E-state index contributed by atoms with van der Waals surface area (Å²) in [5.41, 5.74) is 1.58. The predicted molar refractivity (Wildman–Crippen MR) is 92.7 cm³/mol. The smallest absolute Gasteiger partial charge is 0.274 e. The molecule has 2 aromatic rings. The largest absolute Gasteiger partial charge is 0.333 e. The van der Waals surface area contributed by atoms with Crippen LogP contribution < -0.4 is 5.56 Å². The maximum Gasteiger partial charge on any atom is 0.274 e.